The number of carbonyl (C=O) groups excluding carboxylic acids is 1. The van der Waals surface area contributed by atoms with E-state index >= 15 is 0 Å². The van der Waals surface area contributed by atoms with Gasteiger partial charge < -0.3 is 5.32 Å². The van der Waals surface area contributed by atoms with Crippen molar-refractivity contribution in [3.8, 4) is 5.69 Å². The van der Waals surface area contributed by atoms with E-state index in [4.69, 9.17) is 0 Å². The number of nitrogens with zero attached hydrogens (tertiary/aromatic N) is 6. The van der Waals surface area contributed by atoms with E-state index in [1.165, 1.54) is 18.1 Å². The van der Waals surface area contributed by atoms with E-state index in [2.05, 4.69) is 30.8 Å². The molecule has 0 saturated heterocycles. The Morgan fingerprint density at radius 2 is 1.88 bits per heavy atom. The van der Waals surface area contributed by atoms with Gasteiger partial charge in [-0.05, 0) is 54.6 Å². The number of nitrogens with one attached hydrogen (secondary N) is 1. The molecule has 0 atom stereocenters. The molecule has 0 saturated carbocycles. The lowest BCUT2D eigenvalue weighted by Gasteiger charge is -2.06. The fourth-order valence-electron chi connectivity index (χ4n) is 2.06. The van der Waals surface area contributed by atoms with Crippen LogP contribution in [-0.2, 0) is 4.79 Å². The van der Waals surface area contributed by atoms with E-state index in [0.717, 1.165) is 17.1 Å². The van der Waals surface area contributed by atoms with Gasteiger partial charge in [0.05, 0.1) is 11.4 Å². The Morgan fingerprint density at radius 1 is 1.17 bits per heavy atom. The summed E-state index contributed by atoms with van der Waals surface area (Å²) in [5, 5.41) is 14.4. The SMILES string of the molecule is Cc1cc(C)nc(SCC(=O)Nc2ccc(-n3cnnn3)cc2)n1. The highest BCUT2D eigenvalue weighted by Crippen LogP contribution is 2.16. The maximum atomic E-state index is 12.0. The maximum Gasteiger partial charge on any atom is 0.234 e. The molecule has 8 nitrogen and oxygen atoms in total. The molecule has 1 amide bonds. The van der Waals surface area contributed by atoms with Crippen molar-refractivity contribution in [2.24, 2.45) is 0 Å². The van der Waals surface area contributed by atoms with Crippen LogP contribution in [0.15, 0.2) is 41.8 Å². The Labute approximate surface area is 142 Å². The number of tetrazole rings is 1. The van der Waals surface area contributed by atoms with Gasteiger partial charge in [0.1, 0.15) is 6.33 Å². The van der Waals surface area contributed by atoms with Crippen molar-refractivity contribution < 1.29 is 4.79 Å². The molecule has 0 unspecified atom stereocenters. The summed E-state index contributed by atoms with van der Waals surface area (Å²) in [5.74, 6) is 0.135. The lowest BCUT2D eigenvalue weighted by Crippen LogP contribution is -2.14. The van der Waals surface area contributed by atoms with Gasteiger partial charge in [-0.25, -0.2) is 14.6 Å². The second-order valence-electron chi connectivity index (χ2n) is 5.07. The normalized spacial score (nSPS) is 10.6. The first kappa shape index (κ1) is 16.1. The van der Waals surface area contributed by atoms with Gasteiger partial charge in [0.15, 0.2) is 5.16 Å². The Kier molecular flexibility index (Phi) is 4.80. The van der Waals surface area contributed by atoms with Gasteiger partial charge in [-0.2, -0.15) is 0 Å². The Bertz CT molecular complexity index is 813. The van der Waals surface area contributed by atoms with E-state index in [9.17, 15) is 4.79 Å². The molecule has 0 aliphatic heterocycles. The number of thioether (sulfide) groups is 1. The second-order valence-corrected chi connectivity index (χ2v) is 6.01. The number of rotatable bonds is 5. The number of hydrogen-bond acceptors (Lipinski definition) is 7. The summed E-state index contributed by atoms with van der Waals surface area (Å²) in [7, 11) is 0. The Hall–Kier alpha value is -2.81. The van der Waals surface area contributed by atoms with Crippen LogP contribution in [0.3, 0.4) is 0 Å². The Morgan fingerprint density at radius 3 is 2.50 bits per heavy atom. The number of aryl methyl sites for hydroxylation is 2. The number of aromatic nitrogens is 6. The molecule has 2 aromatic heterocycles. The molecule has 0 aliphatic rings. The van der Waals surface area contributed by atoms with Crippen molar-refractivity contribution >= 4 is 23.4 Å². The minimum atomic E-state index is -0.113. The van der Waals surface area contributed by atoms with Gasteiger partial charge in [0, 0.05) is 17.1 Å². The molecule has 0 fully saturated rings. The highest BCUT2D eigenvalue weighted by Gasteiger charge is 2.07. The standard InChI is InChI=1S/C15H15N7OS/c1-10-7-11(2)18-15(17-10)24-8-14(23)19-12-3-5-13(6-4-12)22-9-16-20-21-22/h3-7,9H,8H2,1-2H3,(H,19,23). The minimum absolute atomic E-state index is 0.113. The number of hydrogen-bond donors (Lipinski definition) is 1. The van der Waals surface area contributed by atoms with Gasteiger partial charge in [-0.3, -0.25) is 4.79 Å². The molecule has 122 valence electrons. The number of anilines is 1. The van der Waals surface area contributed by atoms with E-state index in [0.29, 0.717) is 10.8 Å². The third kappa shape index (κ3) is 4.13. The lowest BCUT2D eigenvalue weighted by atomic mass is 10.3. The molecule has 0 bridgehead atoms. The van der Waals surface area contributed by atoms with Crippen LogP contribution in [0.4, 0.5) is 5.69 Å². The minimum Gasteiger partial charge on any atom is -0.325 e. The molecule has 9 heteroatoms. The molecule has 0 radical (unpaired) electrons. The molecule has 1 aromatic carbocycles. The maximum absolute atomic E-state index is 12.0. The number of carbonyl (C=O) groups is 1. The van der Waals surface area contributed by atoms with Gasteiger partial charge in [-0.1, -0.05) is 11.8 Å². The van der Waals surface area contributed by atoms with E-state index in [-0.39, 0.29) is 11.7 Å². The average Bonchev–Trinajstić information content (AvgIpc) is 3.07. The first-order valence-electron chi connectivity index (χ1n) is 7.18. The smallest absolute Gasteiger partial charge is 0.234 e. The Balaban J connectivity index is 1.56. The van der Waals surface area contributed by atoms with Crippen LogP contribution in [0.5, 0.6) is 0 Å². The summed E-state index contributed by atoms with van der Waals surface area (Å²) in [6.45, 7) is 3.82. The molecule has 1 N–H and O–H groups in total. The van der Waals surface area contributed by atoms with Crippen molar-refractivity contribution in [1.29, 1.82) is 0 Å². The summed E-state index contributed by atoms with van der Waals surface area (Å²) in [5.41, 5.74) is 3.31. The summed E-state index contributed by atoms with van der Waals surface area (Å²) in [6, 6.07) is 9.15. The fourth-order valence-corrected chi connectivity index (χ4v) is 2.81. The number of amides is 1. The lowest BCUT2D eigenvalue weighted by molar-refractivity contribution is -0.113. The van der Waals surface area contributed by atoms with Crippen LogP contribution in [0.25, 0.3) is 5.69 Å². The van der Waals surface area contributed by atoms with Gasteiger partial charge in [0.25, 0.3) is 0 Å². The topological polar surface area (TPSA) is 98.5 Å². The van der Waals surface area contributed by atoms with Crippen LogP contribution in [0.2, 0.25) is 0 Å². The summed E-state index contributed by atoms with van der Waals surface area (Å²) < 4.78 is 1.54. The van der Waals surface area contributed by atoms with Crippen molar-refractivity contribution in [1.82, 2.24) is 30.2 Å². The number of benzene rings is 1. The monoisotopic (exact) mass is 341 g/mol. The largest absolute Gasteiger partial charge is 0.325 e. The molecule has 3 rings (SSSR count). The third-order valence-electron chi connectivity index (χ3n) is 3.06. The fraction of sp³-hybridized carbons (Fsp3) is 0.200. The van der Waals surface area contributed by atoms with E-state index < -0.39 is 0 Å². The quantitative estimate of drug-likeness (QED) is 0.558. The zero-order chi connectivity index (χ0) is 16.9. The molecule has 0 aliphatic carbocycles. The van der Waals surface area contributed by atoms with Crippen molar-refractivity contribution in [3.63, 3.8) is 0 Å². The highest BCUT2D eigenvalue weighted by molar-refractivity contribution is 7.99. The molecular weight excluding hydrogens is 326 g/mol. The van der Waals surface area contributed by atoms with Crippen LogP contribution in [0.1, 0.15) is 11.4 Å². The zero-order valence-electron chi connectivity index (χ0n) is 13.2. The predicted molar refractivity (Wildman–Crippen MR) is 90.0 cm³/mol. The molecule has 0 spiro atoms. The van der Waals surface area contributed by atoms with Crippen LogP contribution < -0.4 is 5.32 Å². The molecular formula is C15H15N7OS. The van der Waals surface area contributed by atoms with Crippen molar-refractivity contribution in [3.05, 3.63) is 48.0 Å². The van der Waals surface area contributed by atoms with E-state index in [1.54, 1.807) is 16.8 Å². The van der Waals surface area contributed by atoms with Crippen LogP contribution in [0, 0.1) is 13.8 Å². The summed E-state index contributed by atoms with van der Waals surface area (Å²) >= 11 is 1.31. The van der Waals surface area contributed by atoms with Crippen LogP contribution in [-0.4, -0.2) is 41.8 Å². The van der Waals surface area contributed by atoms with E-state index in [1.807, 2.05) is 32.0 Å². The highest BCUT2D eigenvalue weighted by atomic mass is 32.2. The molecule has 3 aromatic rings. The first-order chi connectivity index (χ1) is 11.6. The molecule has 2 heterocycles. The first-order valence-corrected chi connectivity index (χ1v) is 8.17. The zero-order valence-corrected chi connectivity index (χ0v) is 14.0. The summed E-state index contributed by atoms with van der Waals surface area (Å²) in [6.07, 6.45) is 1.51. The summed E-state index contributed by atoms with van der Waals surface area (Å²) in [4.78, 5) is 20.7. The predicted octanol–water partition coefficient (Wildman–Crippen LogP) is 1.80. The average molecular weight is 341 g/mol. The molecule has 24 heavy (non-hydrogen) atoms. The van der Waals surface area contributed by atoms with Gasteiger partial charge in [0.2, 0.25) is 5.91 Å². The van der Waals surface area contributed by atoms with Gasteiger partial charge in [-0.15, -0.1) is 5.10 Å². The van der Waals surface area contributed by atoms with Gasteiger partial charge >= 0.3 is 0 Å². The van der Waals surface area contributed by atoms with Crippen molar-refractivity contribution in [2.75, 3.05) is 11.1 Å². The van der Waals surface area contributed by atoms with Crippen LogP contribution >= 0.6 is 11.8 Å². The third-order valence-corrected chi connectivity index (χ3v) is 3.91. The van der Waals surface area contributed by atoms with Crippen molar-refractivity contribution in [2.45, 2.75) is 19.0 Å². The second kappa shape index (κ2) is 7.18.